The van der Waals surface area contributed by atoms with Crippen molar-refractivity contribution in [2.45, 2.75) is 6.61 Å². The van der Waals surface area contributed by atoms with Gasteiger partial charge in [-0.05, 0) is 42.0 Å². The number of hydrogen-bond donors (Lipinski definition) is 2. The van der Waals surface area contributed by atoms with Crippen LogP contribution < -0.4 is 20.3 Å². The maximum atomic E-state index is 14.1. The van der Waals surface area contributed by atoms with Gasteiger partial charge in [0.1, 0.15) is 18.1 Å². The minimum atomic E-state index is -0.700. The van der Waals surface area contributed by atoms with Gasteiger partial charge in [-0.3, -0.25) is 5.01 Å². The predicted molar refractivity (Wildman–Crippen MR) is 93.7 cm³/mol. The Bertz CT molecular complexity index is 890. The van der Waals surface area contributed by atoms with Crippen LogP contribution in [0.2, 0.25) is 0 Å². The normalized spacial score (nSPS) is 10.4. The van der Waals surface area contributed by atoms with Crippen molar-refractivity contribution < 1.29 is 19.0 Å². The van der Waals surface area contributed by atoms with Crippen LogP contribution in [0.1, 0.15) is 5.56 Å². The molecule has 3 N–H and O–H groups in total. The van der Waals surface area contributed by atoms with Crippen molar-refractivity contribution >= 4 is 11.5 Å². The average molecular weight is 356 g/mol. The van der Waals surface area contributed by atoms with E-state index in [0.717, 1.165) is 16.8 Å². The Labute approximate surface area is 149 Å². The van der Waals surface area contributed by atoms with Crippen LogP contribution in [0, 0.1) is 5.82 Å². The molecule has 0 saturated heterocycles. The topological polar surface area (TPSA) is 93.7 Å². The highest BCUT2D eigenvalue weighted by Gasteiger charge is 2.15. The third-order valence-corrected chi connectivity index (χ3v) is 3.56. The molecule has 3 aromatic rings. The quantitative estimate of drug-likeness (QED) is 0.518. The maximum Gasteiger partial charge on any atom is 0.318 e. The van der Waals surface area contributed by atoms with Gasteiger partial charge in [0, 0.05) is 0 Å². The molecule has 1 heterocycles. The highest BCUT2D eigenvalue weighted by Crippen LogP contribution is 2.25. The number of hydrazine groups is 1. The molecular formula is C18H17FN4O3. The summed E-state index contributed by atoms with van der Waals surface area (Å²) in [4.78, 5) is 7.85. The molecule has 7 nitrogen and oxygen atoms in total. The van der Waals surface area contributed by atoms with E-state index in [4.69, 9.17) is 15.3 Å². The molecule has 8 heteroatoms. The van der Waals surface area contributed by atoms with Gasteiger partial charge in [0.2, 0.25) is 0 Å². The van der Waals surface area contributed by atoms with E-state index in [2.05, 4.69) is 9.97 Å². The van der Waals surface area contributed by atoms with Crippen LogP contribution in [-0.2, 0) is 6.61 Å². The number of hydrogen-bond acceptors (Lipinski definition) is 7. The van der Waals surface area contributed by atoms with Crippen molar-refractivity contribution in [3.8, 4) is 17.5 Å². The molecule has 0 atom stereocenters. The van der Waals surface area contributed by atoms with Gasteiger partial charge in [-0.1, -0.05) is 12.1 Å². The second-order valence-electron chi connectivity index (χ2n) is 5.35. The fraction of sp³-hybridized carbons (Fsp3) is 0.111. The number of aromatic hydroxyl groups is 1. The first kappa shape index (κ1) is 17.4. The maximum absolute atomic E-state index is 14.1. The highest BCUT2D eigenvalue weighted by molar-refractivity contribution is 5.59. The number of phenolic OH excluding ortho intramolecular Hbond substituents is 1. The zero-order valence-electron chi connectivity index (χ0n) is 14.0. The van der Waals surface area contributed by atoms with Crippen molar-refractivity contribution in [3.05, 3.63) is 66.1 Å². The lowest BCUT2D eigenvalue weighted by molar-refractivity contribution is 0.279. The Kier molecular flexibility index (Phi) is 5.14. The molecule has 0 spiro atoms. The van der Waals surface area contributed by atoms with E-state index in [-0.39, 0.29) is 24.2 Å². The van der Waals surface area contributed by atoms with Crippen molar-refractivity contribution in [2.75, 3.05) is 12.1 Å². The Morgan fingerprint density at radius 2 is 1.96 bits per heavy atom. The third-order valence-electron chi connectivity index (χ3n) is 3.56. The monoisotopic (exact) mass is 356 g/mol. The van der Waals surface area contributed by atoms with E-state index in [1.807, 2.05) is 24.3 Å². The number of aromatic nitrogens is 2. The minimum Gasteiger partial charge on any atom is -0.508 e. The molecule has 26 heavy (non-hydrogen) atoms. The molecule has 0 amide bonds. The van der Waals surface area contributed by atoms with E-state index in [9.17, 15) is 9.50 Å². The van der Waals surface area contributed by atoms with Gasteiger partial charge >= 0.3 is 6.01 Å². The first-order chi connectivity index (χ1) is 12.6. The largest absolute Gasteiger partial charge is 0.508 e. The summed E-state index contributed by atoms with van der Waals surface area (Å²) in [6.45, 7) is 0.187. The second-order valence-corrected chi connectivity index (χ2v) is 5.35. The molecule has 0 unspecified atom stereocenters. The minimum absolute atomic E-state index is 0.0153. The van der Waals surface area contributed by atoms with E-state index < -0.39 is 5.82 Å². The first-order valence-corrected chi connectivity index (χ1v) is 7.69. The SMILES string of the molecule is COc1cccc(COc2ncc(F)c(N(N)c3ccc(O)cc3)n2)c1. The van der Waals surface area contributed by atoms with Gasteiger partial charge in [-0.2, -0.15) is 4.98 Å². The number of nitrogens with zero attached hydrogens (tertiary/aromatic N) is 3. The van der Waals surface area contributed by atoms with Crippen LogP contribution in [0.5, 0.6) is 17.5 Å². The van der Waals surface area contributed by atoms with Gasteiger partial charge in [-0.25, -0.2) is 15.2 Å². The summed E-state index contributed by atoms with van der Waals surface area (Å²) in [6.07, 6.45) is 0.990. The summed E-state index contributed by atoms with van der Waals surface area (Å²) in [5, 5.41) is 10.4. The van der Waals surface area contributed by atoms with Crippen LogP contribution in [0.4, 0.5) is 15.9 Å². The highest BCUT2D eigenvalue weighted by atomic mass is 19.1. The van der Waals surface area contributed by atoms with Crippen molar-refractivity contribution in [2.24, 2.45) is 5.84 Å². The number of nitrogens with two attached hydrogens (primary N) is 1. The van der Waals surface area contributed by atoms with Crippen LogP contribution in [0.25, 0.3) is 0 Å². The fourth-order valence-corrected chi connectivity index (χ4v) is 2.23. The fourth-order valence-electron chi connectivity index (χ4n) is 2.23. The van der Waals surface area contributed by atoms with E-state index in [1.165, 1.54) is 24.3 Å². The summed E-state index contributed by atoms with van der Waals surface area (Å²) in [7, 11) is 1.58. The van der Waals surface area contributed by atoms with E-state index in [1.54, 1.807) is 7.11 Å². The summed E-state index contributed by atoms with van der Waals surface area (Å²) in [5.41, 5.74) is 1.29. The molecule has 134 valence electrons. The molecule has 0 aliphatic carbocycles. The van der Waals surface area contributed by atoms with E-state index >= 15 is 0 Å². The van der Waals surface area contributed by atoms with Gasteiger partial charge in [-0.15, -0.1) is 0 Å². The first-order valence-electron chi connectivity index (χ1n) is 7.69. The Balaban J connectivity index is 1.77. The third kappa shape index (κ3) is 3.98. The number of halogens is 1. The molecule has 1 aromatic heterocycles. The van der Waals surface area contributed by atoms with Crippen molar-refractivity contribution in [3.63, 3.8) is 0 Å². The molecule has 0 radical (unpaired) electrons. The molecule has 0 aliphatic heterocycles. The van der Waals surface area contributed by atoms with Crippen LogP contribution in [0.3, 0.4) is 0 Å². The number of anilines is 2. The van der Waals surface area contributed by atoms with Crippen molar-refractivity contribution in [1.29, 1.82) is 0 Å². The Hall–Kier alpha value is -3.39. The lowest BCUT2D eigenvalue weighted by Crippen LogP contribution is -2.27. The van der Waals surface area contributed by atoms with Crippen LogP contribution >= 0.6 is 0 Å². The summed E-state index contributed by atoms with van der Waals surface area (Å²) < 4.78 is 24.8. The van der Waals surface area contributed by atoms with Gasteiger partial charge < -0.3 is 14.6 Å². The lowest BCUT2D eigenvalue weighted by Gasteiger charge is -2.18. The van der Waals surface area contributed by atoms with Gasteiger partial charge in [0.05, 0.1) is 19.0 Å². The zero-order valence-corrected chi connectivity index (χ0v) is 14.0. The number of methoxy groups -OCH3 is 1. The molecule has 3 rings (SSSR count). The lowest BCUT2D eigenvalue weighted by atomic mass is 10.2. The molecule has 2 aromatic carbocycles. The summed E-state index contributed by atoms with van der Waals surface area (Å²) in [6, 6.07) is 13.3. The molecule has 0 aliphatic rings. The second kappa shape index (κ2) is 7.66. The summed E-state index contributed by atoms with van der Waals surface area (Å²) >= 11 is 0. The predicted octanol–water partition coefficient (Wildman–Crippen LogP) is 2.92. The number of phenols is 1. The smallest absolute Gasteiger partial charge is 0.318 e. The molecule has 0 saturated carbocycles. The molecular weight excluding hydrogens is 339 g/mol. The summed E-state index contributed by atoms with van der Waals surface area (Å²) in [5.74, 6) is 5.86. The number of rotatable bonds is 6. The van der Waals surface area contributed by atoms with Crippen molar-refractivity contribution in [1.82, 2.24) is 9.97 Å². The van der Waals surface area contributed by atoms with E-state index in [0.29, 0.717) is 11.4 Å². The molecule has 0 bridgehead atoms. The number of benzene rings is 2. The Morgan fingerprint density at radius 1 is 1.19 bits per heavy atom. The van der Waals surface area contributed by atoms with Crippen LogP contribution in [0.15, 0.2) is 54.7 Å². The van der Waals surface area contributed by atoms with Crippen LogP contribution in [-0.4, -0.2) is 22.2 Å². The molecule has 0 fully saturated rings. The van der Waals surface area contributed by atoms with Gasteiger partial charge in [0.15, 0.2) is 11.6 Å². The standard InChI is InChI=1S/C18H17FN4O3/c1-25-15-4-2-3-12(9-15)11-26-18-21-10-16(19)17(22-18)23(20)13-5-7-14(24)8-6-13/h2-10,24H,11,20H2,1H3. The van der Waals surface area contributed by atoms with Gasteiger partial charge in [0.25, 0.3) is 0 Å². The average Bonchev–Trinajstić information content (AvgIpc) is 2.67. The zero-order chi connectivity index (χ0) is 18.5. The number of ether oxygens (including phenoxy) is 2. The Morgan fingerprint density at radius 3 is 2.69 bits per heavy atom.